The lowest BCUT2D eigenvalue weighted by Gasteiger charge is -2.51. The molecule has 2 aromatic rings. The molecule has 0 radical (unpaired) electrons. The molecular weight excluding hydrogens is 429 g/mol. The minimum atomic E-state index is 0.276. The highest BCUT2D eigenvalue weighted by molar-refractivity contribution is 8.00. The average Bonchev–Trinajstić information content (AvgIpc) is 3.08. The Balaban J connectivity index is 1.40. The standard InChI is InChI=1S/C21H27Cl2N3O2S/c1-15-11-20(24-26(15)17-3-4-18(22)19(23)12-17)28-13-16-5-6-21(16,29-2)14-25-7-9-27-10-8-25/h3-4,11-12,16H,5-10,13-14H2,1-2H3/t16-,21+/m1/s1. The number of hydrogen-bond donors (Lipinski definition) is 0. The average molecular weight is 456 g/mol. The Labute approximate surface area is 186 Å². The highest BCUT2D eigenvalue weighted by Crippen LogP contribution is 2.48. The molecule has 5 nitrogen and oxygen atoms in total. The van der Waals surface area contributed by atoms with E-state index in [4.69, 9.17) is 32.7 Å². The molecule has 0 unspecified atom stereocenters. The van der Waals surface area contributed by atoms with Gasteiger partial charge in [0.15, 0.2) is 0 Å². The maximum Gasteiger partial charge on any atom is 0.233 e. The van der Waals surface area contributed by atoms with E-state index in [1.165, 1.54) is 12.8 Å². The van der Waals surface area contributed by atoms with Crippen LogP contribution in [0.3, 0.4) is 0 Å². The molecule has 0 spiro atoms. The normalized spacial score (nSPS) is 25.0. The summed E-state index contributed by atoms with van der Waals surface area (Å²) in [6.45, 7) is 7.57. The molecule has 2 heterocycles. The van der Waals surface area contributed by atoms with Crippen molar-refractivity contribution in [1.29, 1.82) is 0 Å². The summed E-state index contributed by atoms with van der Waals surface area (Å²) < 4.78 is 13.8. The van der Waals surface area contributed by atoms with Crippen molar-refractivity contribution >= 4 is 35.0 Å². The lowest BCUT2D eigenvalue weighted by atomic mass is 9.72. The topological polar surface area (TPSA) is 39.5 Å². The lowest BCUT2D eigenvalue weighted by molar-refractivity contribution is 0.0146. The molecule has 4 rings (SSSR count). The molecule has 0 amide bonds. The molecule has 1 aliphatic carbocycles. The van der Waals surface area contributed by atoms with E-state index in [0.29, 0.717) is 28.5 Å². The van der Waals surface area contributed by atoms with Gasteiger partial charge in [0.1, 0.15) is 0 Å². The van der Waals surface area contributed by atoms with Crippen LogP contribution in [0.15, 0.2) is 24.3 Å². The molecule has 1 saturated heterocycles. The van der Waals surface area contributed by atoms with Gasteiger partial charge in [-0.15, -0.1) is 5.10 Å². The summed E-state index contributed by atoms with van der Waals surface area (Å²) >= 11 is 14.2. The number of aryl methyl sites for hydroxylation is 1. The van der Waals surface area contributed by atoms with Gasteiger partial charge in [0.05, 0.1) is 35.6 Å². The first-order chi connectivity index (χ1) is 14.0. The predicted octanol–water partition coefficient (Wildman–Crippen LogP) is 4.71. The molecule has 1 aromatic carbocycles. The zero-order valence-corrected chi connectivity index (χ0v) is 19.2. The van der Waals surface area contributed by atoms with Crippen LogP contribution < -0.4 is 4.74 Å². The van der Waals surface area contributed by atoms with E-state index >= 15 is 0 Å². The fourth-order valence-corrected chi connectivity index (χ4v) is 5.61. The minimum Gasteiger partial charge on any atom is -0.476 e. The van der Waals surface area contributed by atoms with Crippen LogP contribution >= 0.6 is 35.0 Å². The van der Waals surface area contributed by atoms with Crippen molar-refractivity contribution in [2.45, 2.75) is 24.5 Å². The number of hydrogen-bond acceptors (Lipinski definition) is 5. The first kappa shape index (κ1) is 21.3. The van der Waals surface area contributed by atoms with Crippen molar-refractivity contribution < 1.29 is 9.47 Å². The van der Waals surface area contributed by atoms with E-state index in [2.05, 4.69) is 16.3 Å². The number of aromatic nitrogens is 2. The predicted molar refractivity (Wildman–Crippen MR) is 120 cm³/mol. The van der Waals surface area contributed by atoms with Crippen molar-refractivity contribution in [3.8, 4) is 11.6 Å². The van der Waals surface area contributed by atoms with Gasteiger partial charge in [-0.1, -0.05) is 23.2 Å². The van der Waals surface area contributed by atoms with Gasteiger partial charge in [0.2, 0.25) is 5.88 Å². The summed E-state index contributed by atoms with van der Waals surface area (Å²) in [5, 5.41) is 5.68. The summed E-state index contributed by atoms with van der Waals surface area (Å²) in [5.74, 6) is 1.19. The molecule has 1 aliphatic heterocycles. The first-order valence-corrected chi connectivity index (χ1v) is 12.0. The molecule has 2 aliphatic rings. The van der Waals surface area contributed by atoms with Crippen LogP contribution in [0, 0.1) is 12.8 Å². The van der Waals surface area contributed by atoms with Gasteiger partial charge >= 0.3 is 0 Å². The lowest BCUT2D eigenvalue weighted by Crippen LogP contribution is -2.56. The van der Waals surface area contributed by atoms with Crippen LogP contribution in [0.4, 0.5) is 0 Å². The monoisotopic (exact) mass is 455 g/mol. The third-order valence-electron chi connectivity index (χ3n) is 6.11. The number of morpholine rings is 1. The second-order valence-electron chi connectivity index (χ2n) is 7.84. The maximum absolute atomic E-state index is 6.16. The van der Waals surface area contributed by atoms with Gasteiger partial charge in [0, 0.05) is 42.1 Å². The third kappa shape index (κ3) is 4.57. The van der Waals surface area contributed by atoms with Gasteiger partial charge in [0.25, 0.3) is 0 Å². The number of halogens is 2. The van der Waals surface area contributed by atoms with Crippen molar-refractivity contribution in [2.24, 2.45) is 5.92 Å². The zero-order valence-electron chi connectivity index (χ0n) is 16.9. The summed E-state index contributed by atoms with van der Waals surface area (Å²) in [6.07, 6.45) is 4.68. The SMILES string of the molecule is CS[C@]1(CN2CCOCC2)CC[C@@H]1COc1cc(C)n(-c2ccc(Cl)c(Cl)c2)n1. The van der Waals surface area contributed by atoms with Gasteiger partial charge in [-0.05, 0) is 44.2 Å². The fourth-order valence-electron chi connectivity index (χ4n) is 4.17. The molecule has 1 aromatic heterocycles. The van der Waals surface area contributed by atoms with E-state index in [1.54, 1.807) is 6.07 Å². The van der Waals surface area contributed by atoms with E-state index in [0.717, 1.165) is 44.2 Å². The van der Waals surface area contributed by atoms with Crippen LogP contribution in [0.2, 0.25) is 10.0 Å². The number of benzene rings is 1. The first-order valence-electron chi connectivity index (χ1n) is 10.0. The molecular formula is C21H27Cl2N3O2S. The summed E-state index contributed by atoms with van der Waals surface area (Å²) in [6, 6.07) is 7.49. The molecule has 2 fully saturated rings. The number of nitrogens with zero attached hydrogens (tertiary/aromatic N) is 3. The smallest absolute Gasteiger partial charge is 0.233 e. The second kappa shape index (κ2) is 9.06. The minimum absolute atomic E-state index is 0.276. The molecule has 2 atom stereocenters. The molecule has 0 N–H and O–H groups in total. The van der Waals surface area contributed by atoms with Gasteiger partial charge in [-0.2, -0.15) is 11.8 Å². The Bertz CT molecular complexity index is 852. The highest BCUT2D eigenvalue weighted by atomic mass is 35.5. The Morgan fingerprint density at radius 3 is 2.69 bits per heavy atom. The third-order valence-corrected chi connectivity index (χ3v) is 8.33. The number of thioether (sulfide) groups is 1. The van der Waals surface area contributed by atoms with Gasteiger partial charge in [-0.3, -0.25) is 4.90 Å². The van der Waals surface area contributed by atoms with Gasteiger partial charge < -0.3 is 9.47 Å². The number of rotatable bonds is 7. The summed E-state index contributed by atoms with van der Waals surface area (Å²) in [4.78, 5) is 2.54. The Morgan fingerprint density at radius 1 is 1.24 bits per heavy atom. The van der Waals surface area contributed by atoms with Crippen molar-refractivity contribution in [3.63, 3.8) is 0 Å². The number of ether oxygens (including phenoxy) is 2. The van der Waals surface area contributed by atoms with Crippen LogP contribution in [0.25, 0.3) is 5.69 Å². The largest absolute Gasteiger partial charge is 0.476 e. The molecule has 8 heteroatoms. The van der Waals surface area contributed by atoms with Crippen LogP contribution in [0.5, 0.6) is 5.88 Å². The zero-order chi connectivity index (χ0) is 20.4. The molecule has 29 heavy (non-hydrogen) atoms. The van der Waals surface area contributed by atoms with E-state index in [1.807, 2.05) is 41.6 Å². The molecule has 0 bridgehead atoms. The van der Waals surface area contributed by atoms with Crippen molar-refractivity contribution in [1.82, 2.24) is 14.7 Å². The van der Waals surface area contributed by atoms with Crippen LogP contribution in [-0.4, -0.2) is 65.1 Å². The Morgan fingerprint density at radius 2 is 2.03 bits per heavy atom. The van der Waals surface area contributed by atoms with Crippen LogP contribution in [0.1, 0.15) is 18.5 Å². The van der Waals surface area contributed by atoms with E-state index < -0.39 is 0 Å². The maximum atomic E-state index is 6.16. The fraction of sp³-hybridized carbons (Fsp3) is 0.571. The van der Waals surface area contributed by atoms with Crippen LogP contribution in [-0.2, 0) is 4.74 Å². The van der Waals surface area contributed by atoms with Gasteiger partial charge in [-0.25, -0.2) is 4.68 Å². The second-order valence-corrected chi connectivity index (χ2v) is 9.87. The molecule has 1 saturated carbocycles. The molecule has 158 valence electrons. The van der Waals surface area contributed by atoms with Crippen molar-refractivity contribution in [2.75, 3.05) is 45.7 Å². The van der Waals surface area contributed by atoms with E-state index in [-0.39, 0.29) is 4.75 Å². The van der Waals surface area contributed by atoms with E-state index in [9.17, 15) is 0 Å². The highest BCUT2D eigenvalue weighted by Gasteiger charge is 2.47. The summed E-state index contributed by atoms with van der Waals surface area (Å²) in [5.41, 5.74) is 1.87. The Kier molecular flexibility index (Phi) is 6.66. The summed E-state index contributed by atoms with van der Waals surface area (Å²) in [7, 11) is 0. The Hall–Kier alpha value is -0.920. The quantitative estimate of drug-likeness (QED) is 0.604. The van der Waals surface area contributed by atoms with Crippen molar-refractivity contribution in [3.05, 3.63) is 40.0 Å².